The topological polar surface area (TPSA) is 87.7 Å². The van der Waals surface area contributed by atoms with Crippen LogP contribution in [-0.2, 0) is 4.74 Å². The number of aliphatic hydroxyl groups excluding tert-OH is 1. The fraction of sp³-hybridized carbons (Fsp3) is 0.385. The van der Waals surface area contributed by atoms with Crippen LogP contribution in [-0.4, -0.2) is 36.4 Å². The molecular weight excluding hydrogens is 248 g/mol. The highest BCUT2D eigenvalue weighted by Gasteiger charge is 2.08. The molecule has 6 heteroatoms. The zero-order valence-corrected chi connectivity index (χ0v) is 11.0. The van der Waals surface area contributed by atoms with E-state index in [0.29, 0.717) is 17.9 Å². The number of carbonyl (C=O) groups excluding carboxylic acids is 2. The molecule has 0 aliphatic carbocycles. The van der Waals surface area contributed by atoms with Gasteiger partial charge in [-0.2, -0.15) is 0 Å². The summed E-state index contributed by atoms with van der Waals surface area (Å²) in [5.41, 5.74) is 0.979. The minimum Gasteiger partial charge on any atom is -0.462 e. The number of ether oxygens (including phenoxy) is 1. The molecule has 0 saturated carbocycles. The number of esters is 1. The molecule has 0 radical (unpaired) electrons. The predicted molar refractivity (Wildman–Crippen MR) is 71.1 cm³/mol. The van der Waals surface area contributed by atoms with E-state index in [2.05, 4.69) is 10.6 Å². The molecule has 1 aromatic carbocycles. The second kappa shape index (κ2) is 7.38. The third-order valence-electron chi connectivity index (χ3n) is 2.31. The number of anilines is 1. The molecule has 0 aliphatic heterocycles. The van der Waals surface area contributed by atoms with E-state index in [1.165, 1.54) is 0 Å². The summed E-state index contributed by atoms with van der Waals surface area (Å²) in [6.07, 6.45) is 0. The zero-order valence-electron chi connectivity index (χ0n) is 11.0. The molecule has 0 fully saturated rings. The highest BCUT2D eigenvalue weighted by atomic mass is 16.5. The number of hydrogen-bond donors (Lipinski definition) is 3. The number of benzene rings is 1. The van der Waals surface area contributed by atoms with Crippen molar-refractivity contribution in [2.45, 2.75) is 19.9 Å². The predicted octanol–water partition coefficient (Wildman–Crippen LogP) is 1.37. The number of nitrogens with one attached hydrogen (secondary N) is 2. The summed E-state index contributed by atoms with van der Waals surface area (Å²) < 4.78 is 4.85. The van der Waals surface area contributed by atoms with E-state index in [1.54, 1.807) is 38.1 Å². The van der Waals surface area contributed by atoms with Crippen molar-refractivity contribution in [1.29, 1.82) is 0 Å². The van der Waals surface area contributed by atoms with E-state index in [0.717, 1.165) is 0 Å². The van der Waals surface area contributed by atoms with Crippen LogP contribution in [0.5, 0.6) is 0 Å². The first-order chi connectivity index (χ1) is 9.06. The SMILES string of the molecule is CCOC(=O)c1ccc(NC(=O)N[C@@H](C)CO)cc1. The van der Waals surface area contributed by atoms with Crippen molar-refractivity contribution >= 4 is 17.7 Å². The lowest BCUT2D eigenvalue weighted by Crippen LogP contribution is -2.38. The average molecular weight is 266 g/mol. The van der Waals surface area contributed by atoms with Crippen LogP contribution in [0.2, 0.25) is 0 Å². The highest BCUT2D eigenvalue weighted by Crippen LogP contribution is 2.10. The fourth-order valence-corrected chi connectivity index (χ4v) is 1.34. The molecule has 0 aromatic heterocycles. The summed E-state index contributed by atoms with van der Waals surface area (Å²) in [7, 11) is 0. The van der Waals surface area contributed by atoms with Gasteiger partial charge in [0.1, 0.15) is 0 Å². The lowest BCUT2D eigenvalue weighted by molar-refractivity contribution is 0.0526. The van der Waals surface area contributed by atoms with Crippen molar-refractivity contribution in [3.63, 3.8) is 0 Å². The van der Waals surface area contributed by atoms with Crippen LogP contribution < -0.4 is 10.6 Å². The van der Waals surface area contributed by atoms with Gasteiger partial charge in [0.15, 0.2) is 0 Å². The quantitative estimate of drug-likeness (QED) is 0.702. The van der Waals surface area contributed by atoms with Crippen molar-refractivity contribution in [1.82, 2.24) is 5.32 Å². The van der Waals surface area contributed by atoms with Gasteiger partial charge in [-0.1, -0.05) is 0 Å². The minimum atomic E-state index is -0.412. The van der Waals surface area contributed by atoms with Crippen molar-refractivity contribution in [2.24, 2.45) is 0 Å². The molecule has 1 aromatic rings. The number of rotatable bonds is 5. The van der Waals surface area contributed by atoms with Crippen molar-refractivity contribution < 1.29 is 19.4 Å². The Morgan fingerprint density at radius 2 is 1.95 bits per heavy atom. The summed E-state index contributed by atoms with van der Waals surface area (Å²) in [6.45, 7) is 3.61. The first-order valence-electron chi connectivity index (χ1n) is 6.02. The molecule has 1 atom stereocenters. The Kier molecular flexibility index (Phi) is 5.81. The Morgan fingerprint density at radius 3 is 2.47 bits per heavy atom. The van der Waals surface area contributed by atoms with Gasteiger partial charge >= 0.3 is 12.0 Å². The number of aliphatic hydroxyl groups is 1. The number of hydrogen-bond acceptors (Lipinski definition) is 4. The zero-order chi connectivity index (χ0) is 14.3. The van der Waals surface area contributed by atoms with Gasteiger partial charge in [-0.15, -0.1) is 0 Å². The summed E-state index contributed by atoms with van der Waals surface area (Å²) in [5.74, 6) is -0.396. The van der Waals surface area contributed by atoms with Gasteiger partial charge in [0.2, 0.25) is 0 Å². The van der Waals surface area contributed by atoms with Gasteiger partial charge < -0.3 is 20.5 Å². The molecule has 3 N–H and O–H groups in total. The third-order valence-corrected chi connectivity index (χ3v) is 2.31. The lowest BCUT2D eigenvalue weighted by Gasteiger charge is -2.12. The Morgan fingerprint density at radius 1 is 1.32 bits per heavy atom. The lowest BCUT2D eigenvalue weighted by atomic mass is 10.2. The van der Waals surface area contributed by atoms with Gasteiger partial charge in [0.25, 0.3) is 0 Å². The van der Waals surface area contributed by atoms with E-state index in [1.807, 2.05) is 0 Å². The van der Waals surface area contributed by atoms with Crippen molar-refractivity contribution in [2.75, 3.05) is 18.5 Å². The van der Waals surface area contributed by atoms with E-state index in [4.69, 9.17) is 9.84 Å². The van der Waals surface area contributed by atoms with Gasteiger partial charge in [-0.05, 0) is 38.1 Å². The maximum Gasteiger partial charge on any atom is 0.338 e. The van der Waals surface area contributed by atoms with E-state index >= 15 is 0 Å². The molecule has 0 heterocycles. The van der Waals surface area contributed by atoms with Crippen molar-refractivity contribution in [3.05, 3.63) is 29.8 Å². The first kappa shape index (κ1) is 15.0. The Hall–Kier alpha value is -2.08. The van der Waals surface area contributed by atoms with Crippen LogP contribution in [0.15, 0.2) is 24.3 Å². The summed E-state index contributed by atoms with van der Waals surface area (Å²) >= 11 is 0. The second-order valence-corrected chi connectivity index (χ2v) is 3.98. The smallest absolute Gasteiger partial charge is 0.338 e. The standard InChI is InChI=1S/C13H18N2O4/c1-3-19-12(17)10-4-6-11(7-5-10)15-13(18)14-9(2)8-16/h4-7,9,16H,3,8H2,1-2H3,(H2,14,15,18)/t9-/m0/s1. The van der Waals surface area contributed by atoms with Gasteiger partial charge in [0, 0.05) is 5.69 Å². The molecule has 0 bridgehead atoms. The summed E-state index contributed by atoms with van der Waals surface area (Å²) in [4.78, 5) is 22.9. The van der Waals surface area contributed by atoms with Crippen LogP contribution in [0.4, 0.5) is 10.5 Å². The average Bonchev–Trinajstić information content (AvgIpc) is 2.39. The fourth-order valence-electron chi connectivity index (χ4n) is 1.34. The molecule has 104 valence electrons. The second-order valence-electron chi connectivity index (χ2n) is 3.98. The number of urea groups is 1. The highest BCUT2D eigenvalue weighted by molar-refractivity contribution is 5.92. The van der Waals surface area contributed by atoms with Crippen LogP contribution in [0.3, 0.4) is 0 Å². The van der Waals surface area contributed by atoms with Gasteiger partial charge in [-0.25, -0.2) is 9.59 Å². The Balaban J connectivity index is 2.57. The molecule has 0 spiro atoms. The number of amides is 2. The monoisotopic (exact) mass is 266 g/mol. The van der Waals surface area contributed by atoms with E-state index in [9.17, 15) is 9.59 Å². The van der Waals surface area contributed by atoms with Crippen LogP contribution in [0, 0.1) is 0 Å². The van der Waals surface area contributed by atoms with Gasteiger partial charge in [0.05, 0.1) is 24.8 Å². The molecule has 19 heavy (non-hydrogen) atoms. The molecule has 0 aliphatic rings. The minimum absolute atomic E-state index is 0.130. The largest absolute Gasteiger partial charge is 0.462 e. The van der Waals surface area contributed by atoms with Gasteiger partial charge in [-0.3, -0.25) is 0 Å². The molecule has 1 rings (SSSR count). The van der Waals surface area contributed by atoms with Crippen molar-refractivity contribution in [3.8, 4) is 0 Å². The van der Waals surface area contributed by atoms with Crippen LogP contribution in [0.25, 0.3) is 0 Å². The molecule has 6 nitrogen and oxygen atoms in total. The molecule has 0 saturated heterocycles. The number of carbonyl (C=O) groups is 2. The molecule has 0 unspecified atom stereocenters. The summed E-state index contributed by atoms with van der Waals surface area (Å²) in [5, 5.41) is 13.9. The van der Waals surface area contributed by atoms with Crippen LogP contribution in [0.1, 0.15) is 24.2 Å². The first-order valence-corrected chi connectivity index (χ1v) is 6.02. The Bertz CT molecular complexity index is 431. The normalized spacial score (nSPS) is 11.5. The maximum absolute atomic E-state index is 11.5. The maximum atomic E-state index is 11.5. The molecular formula is C13H18N2O4. The summed E-state index contributed by atoms with van der Waals surface area (Å²) in [6, 6.07) is 5.63. The van der Waals surface area contributed by atoms with E-state index < -0.39 is 12.0 Å². The molecule has 2 amide bonds. The van der Waals surface area contributed by atoms with E-state index in [-0.39, 0.29) is 12.6 Å². The third kappa shape index (κ3) is 4.97. The van der Waals surface area contributed by atoms with Crippen LogP contribution >= 0.6 is 0 Å². The Labute approximate surface area is 111 Å².